The first-order valence-corrected chi connectivity index (χ1v) is 8.47. The summed E-state index contributed by atoms with van der Waals surface area (Å²) in [4.78, 5) is 25.6. The smallest absolute Gasteiger partial charge is 0.291 e. The zero-order valence-corrected chi connectivity index (χ0v) is 14.0. The molecule has 0 fully saturated rings. The largest absolute Gasteiger partial charge is 0.334 e. The van der Waals surface area contributed by atoms with E-state index in [1.807, 2.05) is 0 Å². The van der Waals surface area contributed by atoms with Gasteiger partial charge in [-0.3, -0.25) is 14.5 Å². The summed E-state index contributed by atoms with van der Waals surface area (Å²) in [5, 5.41) is 10.5. The highest BCUT2D eigenvalue weighted by Crippen LogP contribution is 2.17. The molecular formula is C16H28N4O2. The van der Waals surface area contributed by atoms with Gasteiger partial charge in [0.1, 0.15) is 0 Å². The van der Waals surface area contributed by atoms with Gasteiger partial charge in [0.25, 0.3) is 0 Å². The number of unbranched alkanes of at least 4 members (excludes halogenated alkanes) is 3. The first-order chi connectivity index (χ1) is 10.6. The molecule has 1 aliphatic heterocycles. The highest BCUT2D eigenvalue weighted by atomic mass is 16.2. The topological polar surface area (TPSA) is 74.5 Å². The zero-order chi connectivity index (χ0) is 16.4. The average molecular weight is 308 g/mol. The van der Waals surface area contributed by atoms with Gasteiger partial charge in [-0.05, 0) is 24.0 Å². The molecule has 0 aromatic carbocycles. The van der Waals surface area contributed by atoms with E-state index in [0.717, 1.165) is 44.9 Å². The highest BCUT2D eigenvalue weighted by Gasteiger charge is 2.28. The van der Waals surface area contributed by atoms with Crippen LogP contribution >= 0.6 is 0 Å². The summed E-state index contributed by atoms with van der Waals surface area (Å²) in [6, 6.07) is 0. The Balaban J connectivity index is 2.60. The van der Waals surface area contributed by atoms with E-state index in [2.05, 4.69) is 36.2 Å². The third-order valence-electron chi connectivity index (χ3n) is 4.18. The van der Waals surface area contributed by atoms with Crippen LogP contribution in [0, 0.1) is 5.92 Å². The number of hydrogen-bond donors (Lipinski definition) is 0. The Kier molecular flexibility index (Phi) is 8.55. The van der Waals surface area contributed by atoms with E-state index in [-0.39, 0.29) is 11.7 Å². The minimum absolute atomic E-state index is 0.0391. The first kappa shape index (κ1) is 18.5. The number of hydrogen-bond acceptors (Lipinski definition) is 4. The van der Waals surface area contributed by atoms with Crippen molar-refractivity contribution in [3.05, 3.63) is 0 Å². The lowest BCUT2D eigenvalue weighted by molar-refractivity contribution is -0.129. The summed E-state index contributed by atoms with van der Waals surface area (Å²) in [5.41, 5.74) is 0. The van der Waals surface area contributed by atoms with Gasteiger partial charge in [-0.15, -0.1) is 5.10 Å². The minimum Gasteiger partial charge on any atom is -0.291 e. The minimum atomic E-state index is -0.508. The molecule has 1 rings (SSSR count). The summed E-state index contributed by atoms with van der Waals surface area (Å²) >= 11 is 0. The highest BCUT2D eigenvalue weighted by molar-refractivity contribution is 6.41. The summed E-state index contributed by atoms with van der Waals surface area (Å²) in [7, 11) is 0. The molecule has 0 atom stereocenters. The van der Waals surface area contributed by atoms with Crippen molar-refractivity contribution in [2.24, 2.45) is 21.4 Å². The fourth-order valence-corrected chi connectivity index (χ4v) is 2.57. The van der Waals surface area contributed by atoms with E-state index in [9.17, 15) is 9.59 Å². The second-order valence-corrected chi connectivity index (χ2v) is 5.75. The van der Waals surface area contributed by atoms with Gasteiger partial charge in [-0.2, -0.15) is 0 Å². The van der Waals surface area contributed by atoms with Crippen LogP contribution in [0.15, 0.2) is 15.4 Å². The number of carbonyl (C=O) groups excluding carboxylic acids is 2. The van der Waals surface area contributed by atoms with Crippen molar-refractivity contribution >= 4 is 17.6 Å². The molecule has 0 aliphatic carbocycles. The molecule has 0 spiro atoms. The lowest BCUT2D eigenvalue weighted by Gasteiger charge is -2.21. The summed E-state index contributed by atoms with van der Waals surface area (Å²) in [6.07, 6.45) is 7.63. The maximum Gasteiger partial charge on any atom is 0.334 e. The van der Waals surface area contributed by atoms with E-state index < -0.39 is 5.91 Å². The molecule has 22 heavy (non-hydrogen) atoms. The molecule has 1 heterocycles. The van der Waals surface area contributed by atoms with Gasteiger partial charge in [0.2, 0.25) is 11.7 Å². The second-order valence-electron chi connectivity index (χ2n) is 5.75. The van der Waals surface area contributed by atoms with Gasteiger partial charge in [-0.1, -0.05) is 58.0 Å². The molecule has 124 valence electrons. The molecule has 6 heteroatoms. The van der Waals surface area contributed by atoms with Crippen LogP contribution < -0.4 is 0 Å². The first-order valence-electron chi connectivity index (χ1n) is 8.47. The Bertz CT molecular complexity index is 428. The summed E-state index contributed by atoms with van der Waals surface area (Å²) in [6.45, 7) is 6.95. The van der Waals surface area contributed by atoms with E-state index in [1.165, 1.54) is 4.90 Å². The molecule has 0 radical (unpaired) electrons. The van der Waals surface area contributed by atoms with Crippen molar-refractivity contribution < 1.29 is 9.59 Å². The van der Waals surface area contributed by atoms with Crippen LogP contribution in [0.25, 0.3) is 0 Å². The summed E-state index contributed by atoms with van der Waals surface area (Å²) in [5.74, 6) is 0.0988. The Morgan fingerprint density at radius 3 is 2.41 bits per heavy atom. The number of rotatable bonds is 10. The Morgan fingerprint density at radius 2 is 1.86 bits per heavy atom. The van der Waals surface area contributed by atoms with E-state index in [1.54, 1.807) is 0 Å². The standard InChI is InChI=1S/C16H28N4O2/c1-4-7-8-9-12-20(15-16(22)18-19-17-15)14(21)11-10-13(5-2)6-3/h13H,4-12H2,1-3H3. The van der Waals surface area contributed by atoms with Gasteiger partial charge >= 0.3 is 5.91 Å². The van der Waals surface area contributed by atoms with Crippen molar-refractivity contribution in [2.45, 2.75) is 72.1 Å². The monoisotopic (exact) mass is 308 g/mol. The lowest BCUT2D eigenvalue weighted by Crippen LogP contribution is -2.40. The molecular weight excluding hydrogens is 280 g/mol. The molecule has 6 nitrogen and oxygen atoms in total. The SMILES string of the molecule is CCCCCCN(C(=O)CCC(CC)CC)C1=NN=NC1=O. The van der Waals surface area contributed by atoms with Crippen molar-refractivity contribution in [3.8, 4) is 0 Å². The molecule has 0 aromatic heterocycles. The van der Waals surface area contributed by atoms with Gasteiger partial charge in [-0.25, -0.2) is 0 Å². The summed E-state index contributed by atoms with van der Waals surface area (Å²) < 4.78 is 0. The maximum absolute atomic E-state index is 12.5. The predicted molar refractivity (Wildman–Crippen MR) is 86.5 cm³/mol. The van der Waals surface area contributed by atoms with Crippen LogP contribution in [0.5, 0.6) is 0 Å². The van der Waals surface area contributed by atoms with Gasteiger partial charge in [0.15, 0.2) is 0 Å². The van der Waals surface area contributed by atoms with Gasteiger partial charge in [0.05, 0.1) is 0 Å². The number of amides is 2. The van der Waals surface area contributed by atoms with E-state index in [0.29, 0.717) is 18.9 Å². The second kappa shape index (κ2) is 10.2. The molecule has 2 amide bonds. The van der Waals surface area contributed by atoms with Gasteiger partial charge in [0, 0.05) is 13.0 Å². The van der Waals surface area contributed by atoms with Crippen molar-refractivity contribution in [3.63, 3.8) is 0 Å². The van der Waals surface area contributed by atoms with Crippen molar-refractivity contribution in [1.29, 1.82) is 0 Å². The van der Waals surface area contributed by atoms with Crippen LogP contribution in [0.1, 0.15) is 72.1 Å². The van der Waals surface area contributed by atoms with E-state index >= 15 is 0 Å². The normalized spacial score (nSPS) is 13.8. The van der Waals surface area contributed by atoms with Crippen molar-refractivity contribution in [1.82, 2.24) is 4.90 Å². The molecule has 0 unspecified atom stereocenters. The van der Waals surface area contributed by atoms with E-state index in [4.69, 9.17) is 0 Å². The third-order valence-corrected chi connectivity index (χ3v) is 4.18. The molecule has 0 saturated heterocycles. The Hall–Kier alpha value is -1.59. The van der Waals surface area contributed by atoms with Crippen molar-refractivity contribution in [2.75, 3.05) is 6.54 Å². The fourth-order valence-electron chi connectivity index (χ4n) is 2.57. The molecule has 0 N–H and O–H groups in total. The number of amidine groups is 1. The van der Waals surface area contributed by atoms with Crippen LogP contribution in [-0.2, 0) is 9.59 Å². The third kappa shape index (κ3) is 5.66. The van der Waals surface area contributed by atoms with Crippen LogP contribution in [0.4, 0.5) is 0 Å². The fraction of sp³-hybridized carbons (Fsp3) is 0.812. The van der Waals surface area contributed by atoms with Crippen LogP contribution in [0.3, 0.4) is 0 Å². The molecule has 0 aromatic rings. The number of carbonyl (C=O) groups is 2. The number of nitrogens with zero attached hydrogens (tertiary/aromatic N) is 4. The molecule has 1 aliphatic rings. The Morgan fingerprint density at radius 1 is 1.14 bits per heavy atom. The average Bonchev–Trinajstić information content (AvgIpc) is 2.94. The quantitative estimate of drug-likeness (QED) is 0.574. The molecule has 0 saturated carbocycles. The Labute approximate surface area is 133 Å². The predicted octanol–water partition coefficient (Wildman–Crippen LogP) is 3.92. The maximum atomic E-state index is 12.5. The molecule has 0 bridgehead atoms. The zero-order valence-electron chi connectivity index (χ0n) is 14.0. The van der Waals surface area contributed by atoms with Crippen LogP contribution in [0.2, 0.25) is 0 Å². The van der Waals surface area contributed by atoms with Gasteiger partial charge < -0.3 is 0 Å². The lowest BCUT2D eigenvalue weighted by atomic mass is 9.97. The van der Waals surface area contributed by atoms with Crippen LogP contribution in [-0.4, -0.2) is 29.1 Å².